The van der Waals surface area contributed by atoms with Gasteiger partial charge in [-0.3, -0.25) is 4.79 Å². The van der Waals surface area contributed by atoms with Crippen LogP contribution in [-0.2, 0) is 13.6 Å². The summed E-state index contributed by atoms with van der Waals surface area (Å²) in [5, 5.41) is 0. The normalized spacial score (nSPS) is 29.7. The molecule has 2 aliphatic rings. The number of fused-ring (bicyclic) bond motifs is 1. The zero-order chi connectivity index (χ0) is 36.9. The van der Waals surface area contributed by atoms with Gasteiger partial charge in [0.15, 0.2) is 16.6 Å². The first-order valence-corrected chi connectivity index (χ1v) is 21.2. The number of hydrogen-bond acceptors (Lipinski definition) is 3. The summed E-state index contributed by atoms with van der Waals surface area (Å²) in [5.41, 5.74) is -8.64. The number of ketones is 1. The van der Waals surface area contributed by atoms with Crippen LogP contribution in [-0.4, -0.2) is 46.0 Å². The molecule has 0 aromatic carbocycles. The number of rotatable bonds is 12. The van der Waals surface area contributed by atoms with Crippen molar-refractivity contribution in [2.75, 3.05) is 0 Å². The predicted molar refractivity (Wildman–Crippen MR) is 157 cm³/mol. The molecule has 0 aromatic heterocycles. The fourth-order valence-corrected chi connectivity index (χ4v) is 9.70. The lowest BCUT2D eigenvalue weighted by Crippen LogP contribution is -2.61. The molecule has 0 N–H and O–H groups in total. The van der Waals surface area contributed by atoms with E-state index in [-0.39, 0.29) is 43.0 Å². The fraction of sp³-hybridized carbons (Fsp3) is 0.900. The number of alkyl halides is 6. The maximum atomic E-state index is 14.3. The molecule has 0 aromatic rings. The Morgan fingerprint density at radius 2 is 1.51 bits per heavy atom. The highest BCUT2D eigenvalue weighted by Crippen LogP contribution is 2.62. The lowest BCUT2D eigenvalue weighted by molar-refractivity contribution is -0.340. The highest BCUT2D eigenvalue weighted by atomic mass is 28.4. The molecule has 0 radical (unpaired) electrons. The Morgan fingerprint density at radius 3 is 2.00 bits per heavy atom. The summed E-state index contributed by atoms with van der Waals surface area (Å²) in [6.07, 6.45) is -8.65. The Balaban J connectivity index is 2.65. The average molecular weight is 637 g/mol. The molecule has 0 spiro atoms. The Kier molecular flexibility index (Phi) is 8.17. The maximum Gasteiger partial charge on any atom is 0.429 e. The van der Waals surface area contributed by atoms with Gasteiger partial charge in [0, 0.05) is 20.6 Å². The van der Waals surface area contributed by atoms with Crippen LogP contribution in [0.2, 0.25) is 39.3 Å². The van der Waals surface area contributed by atoms with E-state index in [4.69, 9.17) is 17.1 Å². The number of carbonyl (C=O) groups is 1. The van der Waals surface area contributed by atoms with Crippen molar-refractivity contribution >= 4 is 22.4 Å². The van der Waals surface area contributed by atoms with E-state index >= 15 is 0 Å². The van der Waals surface area contributed by atoms with E-state index in [0.29, 0.717) is 32.1 Å². The Bertz CT molecular complexity index is 1120. The zero-order valence-electron chi connectivity index (χ0n) is 31.7. The minimum absolute atomic E-state index is 0.0358. The zero-order valence-corrected chi connectivity index (χ0v) is 27.7. The van der Waals surface area contributed by atoms with Crippen molar-refractivity contribution in [3.63, 3.8) is 0 Å². The van der Waals surface area contributed by atoms with Gasteiger partial charge in [-0.05, 0) is 121 Å². The molecule has 2 fully saturated rings. The minimum atomic E-state index is -5.81. The van der Waals surface area contributed by atoms with E-state index in [1.165, 1.54) is 19.6 Å². The van der Waals surface area contributed by atoms with Crippen LogP contribution in [0, 0.1) is 22.7 Å². The van der Waals surface area contributed by atoms with Gasteiger partial charge in [0.1, 0.15) is 5.78 Å². The van der Waals surface area contributed by atoms with Crippen molar-refractivity contribution in [2.24, 2.45) is 22.7 Å². The first-order valence-electron chi connectivity index (χ1n) is 17.4. The van der Waals surface area contributed by atoms with Crippen LogP contribution in [0.4, 0.5) is 26.3 Å². The van der Waals surface area contributed by atoms with Crippen molar-refractivity contribution in [1.82, 2.24) is 0 Å². The highest BCUT2D eigenvalue weighted by Gasteiger charge is 2.71. The Labute approximate surface area is 253 Å². The summed E-state index contributed by atoms with van der Waals surface area (Å²) >= 11 is 0. The van der Waals surface area contributed by atoms with Gasteiger partial charge in [-0.1, -0.05) is 26.3 Å². The van der Waals surface area contributed by atoms with E-state index in [2.05, 4.69) is 0 Å². The molecule has 2 rings (SSSR count). The molecule has 41 heavy (non-hydrogen) atoms. The lowest BCUT2D eigenvalue weighted by Gasteiger charge is -2.48. The minimum Gasteiger partial charge on any atom is -0.413 e. The molecule has 4 atom stereocenters. The molecule has 240 valence electrons. The van der Waals surface area contributed by atoms with E-state index in [0.717, 1.165) is 6.08 Å². The van der Waals surface area contributed by atoms with E-state index in [1.54, 1.807) is 26.6 Å². The highest BCUT2D eigenvalue weighted by molar-refractivity contribution is 6.70. The maximum absolute atomic E-state index is 14.3. The fourth-order valence-electron chi connectivity index (χ4n) is 7.29. The van der Waals surface area contributed by atoms with Crippen molar-refractivity contribution in [2.45, 2.75) is 148 Å². The Hall–Kier alpha value is -0.656. The van der Waals surface area contributed by atoms with Gasteiger partial charge in [0.2, 0.25) is 0 Å². The number of Topliss-reactive ketones (excluding diaryl/α,β-unsaturated/α-hetero) is 1. The molecule has 0 heterocycles. The van der Waals surface area contributed by atoms with Gasteiger partial charge in [0.25, 0.3) is 5.60 Å². The van der Waals surface area contributed by atoms with Crippen molar-refractivity contribution in [3.05, 3.63) is 12.2 Å². The molecule has 11 heteroatoms. The molecule has 2 saturated carbocycles. The molecule has 0 amide bonds. The third-order valence-corrected chi connectivity index (χ3v) is 10.6. The molecule has 0 bridgehead atoms. The standard InChI is InChI=1S/C30H52F6O3Si2/c1-25(2,38-40(5,6)7)17-12-18-26(3,24-16-15-22-23(37)14-11-20-27(22,24)4)19-13-21-28(29(31,32)33,30(34,35)36)39-41(8,9)10/h13,21-22,24H,11-12,14-20H2,1-10H3/b21-13+/t22?,24-,26-,27+/m1/s1/i1D3,2D3. The van der Waals surface area contributed by atoms with E-state index in [1.807, 2.05) is 6.92 Å². The average Bonchev–Trinajstić information content (AvgIpc) is 3.17. The number of hydrogen-bond donors (Lipinski definition) is 0. The third-order valence-electron chi connectivity index (χ3n) is 8.71. The van der Waals surface area contributed by atoms with Crippen LogP contribution in [0.1, 0.15) is 93.6 Å². The molecule has 2 aliphatic carbocycles. The summed E-state index contributed by atoms with van der Waals surface area (Å²) < 4.78 is 146. The first-order chi connectivity index (χ1) is 20.7. The van der Waals surface area contributed by atoms with Crippen LogP contribution in [0.25, 0.3) is 0 Å². The first kappa shape index (κ1) is 27.9. The molecule has 0 saturated heterocycles. The van der Waals surface area contributed by atoms with Gasteiger partial charge >= 0.3 is 12.4 Å². The van der Waals surface area contributed by atoms with Gasteiger partial charge in [-0.15, -0.1) is 0 Å². The van der Waals surface area contributed by atoms with Crippen molar-refractivity contribution in [3.8, 4) is 0 Å². The molecular formula is C30H52F6O3Si2. The Morgan fingerprint density at radius 1 is 0.951 bits per heavy atom. The van der Waals surface area contributed by atoms with Crippen LogP contribution in [0.5, 0.6) is 0 Å². The smallest absolute Gasteiger partial charge is 0.413 e. The second-order valence-corrected chi connectivity index (χ2v) is 23.5. The van der Waals surface area contributed by atoms with Crippen molar-refractivity contribution in [1.29, 1.82) is 0 Å². The monoisotopic (exact) mass is 636 g/mol. The van der Waals surface area contributed by atoms with Gasteiger partial charge in [-0.25, -0.2) is 0 Å². The number of allylic oxidation sites excluding steroid dienone is 1. The van der Waals surface area contributed by atoms with Crippen molar-refractivity contribution < 1.29 is 48.2 Å². The topological polar surface area (TPSA) is 35.5 Å². The molecular weight excluding hydrogens is 578 g/mol. The summed E-state index contributed by atoms with van der Waals surface area (Å²) in [4.78, 5) is 12.9. The predicted octanol–water partition coefficient (Wildman–Crippen LogP) is 10.2. The molecule has 1 unspecified atom stereocenters. The number of halogens is 6. The largest absolute Gasteiger partial charge is 0.429 e. The number of carbonyl (C=O) groups excluding carboxylic acids is 1. The summed E-state index contributed by atoms with van der Waals surface area (Å²) in [5.74, 6) is -0.530. The summed E-state index contributed by atoms with van der Waals surface area (Å²) in [6, 6.07) is 0. The quantitative estimate of drug-likeness (QED) is 0.121. The van der Waals surface area contributed by atoms with E-state index < -0.39 is 71.1 Å². The lowest BCUT2D eigenvalue weighted by atomic mass is 9.56. The van der Waals surface area contributed by atoms with Crippen LogP contribution < -0.4 is 0 Å². The molecule has 0 aliphatic heterocycles. The van der Waals surface area contributed by atoms with Crippen LogP contribution in [0.3, 0.4) is 0 Å². The second-order valence-electron chi connectivity index (χ2n) is 14.6. The van der Waals surface area contributed by atoms with Gasteiger partial charge in [0.05, 0.1) is 5.60 Å². The van der Waals surface area contributed by atoms with Gasteiger partial charge in [-0.2, -0.15) is 26.3 Å². The summed E-state index contributed by atoms with van der Waals surface area (Å²) in [7, 11) is -6.19. The van der Waals surface area contributed by atoms with E-state index in [9.17, 15) is 31.1 Å². The van der Waals surface area contributed by atoms with Crippen LogP contribution >= 0.6 is 0 Å². The third kappa shape index (κ3) is 8.72. The SMILES string of the molecule is [2H]C([2H])([2H])C(CCC[C@](C)(C/C=C/C(O[Si](C)(C)C)(C(F)(F)F)C(F)(F)F)[C@H]1CCC2C(=O)CCC[C@@]21C)(O[Si](C)(C)C)C([2H])([2H])[2H]. The van der Waals surface area contributed by atoms with Gasteiger partial charge < -0.3 is 8.85 Å². The molecule has 3 nitrogen and oxygen atoms in total. The summed E-state index contributed by atoms with van der Waals surface area (Å²) in [6.45, 7) is 6.30. The van der Waals surface area contributed by atoms with Crippen LogP contribution in [0.15, 0.2) is 12.2 Å². The second kappa shape index (κ2) is 12.0.